The third-order valence-electron chi connectivity index (χ3n) is 2.62. The maximum absolute atomic E-state index is 5.94. The van der Waals surface area contributed by atoms with Gasteiger partial charge in [-0.05, 0) is 24.1 Å². The zero-order valence-corrected chi connectivity index (χ0v) is 11.6. The van der Waals surface area contributed by atoms with Gasteiger partial charge in [0.15, 0.2) is 5.75 Å². The first-order valence-electron chi connectivity index (χ1n) is 6.00. The highest BCUT2D eigenvalue weighted by molar-refractivity contribution is 7.07. The molecule has 2 rings (SSSR count). The summed E-state index contributed by atoms with van der Waals surface area (Å²) in [6, 6.07) is 5.82. The number of aryl methyl sites for hydroxylation is 1. The summed E-state index contributed by atoms with van der Waals surface area (Å²) in [6.45, 7) is 6.20. The summed E-state index contributed by atoms with van der Waals surface area (Å²) >= 11 is 1.25. The van der Waals surface area contributed by atoms with Crippen LogP contribution in [0.25, 0.3) is 0 Å². The van der Waals surface area contributed by atoms with Crippen LogP contribution in [0.4, 0.5) is 5.69 Å². The molecule has 0 saturated carbocycles. The van der Waals surface area contributed by atoms with Crippen LogP contribution >= 0.6 is 11.5 Å². The van der Waals surface area contributed by atoms with Crippen molar-refractivity contribution < 1.29 is 4.74 Å². The largest absolute Gasteiger partial charge is 0.428 e. The van der Waals surface area contributed by atoms with Gasteiger partial charge in [-0.1, -0.05) is 26.8 Å². The van der Waals surface area contributed by atoms with Crippen LogP contribution in [-0.2, 0) is 6.42 Å². The number of benzene rings is 1. The number of nitrogens with two attached hydrogens (primary N) is 1. The van der Waals surface area contributed by atoms with Crippen LogP contribution < -0.4 is 10.5 Å². The molecule has 1 heterocycles. The van der Waals surface area contributed by atoms with E-state index < -0.39 is 0 Å². The third kappa shape index (κ3) is 2.79. The fourth-order valence-electron chi connectivity index (χ4n) is 1.50. The minimum Gasteiger partial charge on any atom is -0.428 e. The van der Waals surface area contributed by atoms with Gasteiger partial charge in [-0.25, -0.2) is 0 Å². The van der Waals surface area contributed by atoms with Gasteiger partial charge in [-0.3, -0.25) is 0 Å². The van der Waals surface area contributed by atoms with E-state index in [9.17, 15) is 0 Å². The maximum Gasteiger partial charge on any atom is 0.298 e. The Morgan fingerprint density at radius 2 is 2.17 bits per heavy atom. The van der Waals surface area contributed by atoms with Crippen LogP contribution in [0.3, 0.4) is 0 Å². The first kappa shape index (κ1) is 12.8. The van der Waals surface area contributed by atoms with Crippen molar-refractivity contribution in [2.24, 2.45) is 0 Å². The minimum atomic E-state index is 0.304. The zero-order chi connectivity index (χ0) is 13.1. The second kappa shape index (κ2) is 5.35. The van der Waals surface area contributed by atoms with Crippen molar-refractivity contribution in [3.05, 3.63) is 29.6 Å². The fourth-order valence-corrected chi connectivity index (χ4v) is 2.19. The standard InChI is InChI=1S/C13H17N3OS/c1-4-9-5-6-11(10(14)7-9)17-13-15-12(8(2)3)16-18-13/h5-8H,4,14H2,1-3H3. The van der Waals surface area contributed by atoms with Gasteiger partial charge < -0.3 is 10.5 Å². The molecule has 0 aliphatic carbocycles. The second-order valence-electron chi connectivity index (χ2n) is 4.40. The van der Waals surface area contributed by atoms with Crippen molar-refractivity contribution in [1.82, 2.24) is 9.36 Å². The molecule has 0 unspecified atom stereocenters. The Morgan fingerprint density at radius 3 is 2.72 bits per heavy atom. The van der Waals surface area contributed by atoms with Crippen LogP contribution in [-0.4, -0.2) is 9.36 Å². The van der Waals surface area contributed by atoms with Gasteiger partial charge in [0.2, 0.25) is 0 Å². The lowest BCUT2D eigenvalue weighted by Crippen LogP contribution is -1.94. The first-order valence-corrected chi connectivity index (χ1v) is 6.77. The molecule has 0 spiro atoms. The SMILES string of the molecule is CCc1ccc(Oc2nc(C(C)C)ns2)c(N)c1. The number of nitrogen functional groups attached to an aromatic ring is 1. The van der Waals surface area contributed by atoms with E-state index in [0.717, 1.165) is 12.2 Å². The smallest absolute Gasteiger partial charge is 0.298 e. The Hall–Kier alpha value is -1.62. The van der Waals surface area contributed by atoms with Crippen LogP contribution in [0, 0.1) is 0 Å². The Kier molecular flexibility index (Phi) is 3.81. The first-order chi connectivity index (χ1) is 8.60. The molecule has 1 aromatic carbocycles. The predicted molar refractivity (Wildman–Crippen MR) is 74.3 cm³/mol. The van der Waals surface area contributed by atoms with Crippen LogP contribution in [0.15, 0.2) is 18.2 Å². The average Bonchev–Trinajstić information content (AvgIpc) is 2.80. The molecular formula is C13H17N3OS. The molecule has 0 aliphatic heterocycles. The third-order valence-corrected chi connectivity index (χ3v) is 3.23. The number of nitrogens with zero attached hydrogens (tertiary/aromatic N) is 2. The van der Waals surface area contributed by atoms with E-state index in [2.05, 4.69) is 30.1 Å². The van der Waals surface area contributed by atoms with Crippen LogP contribution in [0.1, 0.15) is 38.1 Å². The highest BCUT2D eigenvalue weighted by Crippen LogP contribution is 2.30. The van der Waals surface area contributed by atoms with Gasteiger partial charge in [0, 0.05) is 17.5 Å². The summed E-state index contributed by atoms with van der Waals surface area (Å²) in [6.07, 6.45) is 0.959. The van der Waals surface area contributed by atoms with Crippen molar-refractivity contribution >= 4 is 17.2 Å². The quantitative estimate of drug-likeness (QED) is 0.856. The molecule has 18 heavy (non-hydrogen) atoms. The Morgan fingerprint density at radius 1 is 1.39 bits per heavy atom. The molecule has 0 amide bonds. The molecule has 0 aliphatic rings. The van der Waals surface area contributed by atoms with Crippen molar-refractivity contribution in [3.63, 3.8) is 0 Å². The normalized spacial score (nSPS) is 10.9. The highest BCUT2D eigenvalue weighted by Gasteiger charge is 2.10. The number of rotatable bonds is 4. The van der Waals surface area contributed by atoms with E-state index in [1.807, 2.05) is 18.2 Å². The molecule has 4 nitrogen and oxygen atoms in total. The monoisotopic (exact) mass is 263 g/mol. The highest BCUT2D eigenvalue weighted by atomic mass is 32.1. The molecule has 2 aromatic rings. The molecule has 0 saturated heterocycles. The summed E-state index contributed by atoms with van der Waals surface area (Å²) in [4.78, 5) is 4.32. The van der Waals surface area contributed by atoms with Gasteiger partial charge in [-0.2, -0.15) is 9.36 Å². The lowest BCUT2D eigenvalue weighted by Gasteiger charge is -2.06. The molecular weight excluding hydrogens is 246 g/mol. The van der Waals surface area contributed by atoms with Crippen molar-refractivity contribution in [2.45, 2.75) is 33.1 Å². The minimum absolute atomic E-state index is 0.304. The Labute approximate surface area is 111 Å². The predicted octanol–water partition coefficient (Wildman–Crippen LogP) is 3.60. The van der Waals surface area contributed by atoms with E-state index in [-0.39, 0.29) is 0 Å². The Bertz CT molecular complexity index is 537. The molecule has 96 valence electrons. The molecule has 5 heteroatoms. The van der Waals surface area contributed by atoms with E-state index in [1.54, 1.807) is 0 Å². The van der Waals surface area contributed by atoms with Gasteiger partial charge in [0.1, 0.15) is 5.82 Å². The van der Waals surface area contributed by atoms with E-state index in [4.69, 9.17) is 10.5 Å². The fraction of sp³-hybridized carbons (Fsp3) is 0.385. The summed E-state index contributed by atoms with van der Waals surface area (Å²) < 4.78 is 9.90. The number of anilines is 1. The number of hydrogen-bond donors (Lipinski definition) is 1. The van der Waals surface area contributed by atoms with Gasteiger partial charge in [0.25, 0.3) is 5.19 Å². The lowest BCUT2D eigenvalue weighted by molar-refractivity contribution is 0.478. The molecule has 2 N–H and O–H groups in total. The average molecular weight is 263 g/mol. The Balaban J connectivity index is 2.17. The van der Waals surface area contributed by atoms with Crippen LogP contribution in [0.2, 0.25) is 0 Å². The second-order valence-corrected chi connectivity index (χ2v) is 5.12. The number of ether oxygens (including phenoxy) is 1. The van der Waals surface area contributed by atoms with Crippen molar-refractivity contribution in [3.8, 4) is 10.9 Å². The summed E-state index contributed by atoms with van der Waals surface area (Å²) in [5.74, 6) is 1.75. The van der Waals surface area contributed by atoms with Crippen LogP contribution in [0.5, 0.6) is 10.9 Å². The summed E-state index contributed by atoms with van der Waals surface area (Å²) in [5.41, 5.74) is 7.77. The summed E-state index contributed by atoms with van der Waals surface area (Å²) in [5, 5.41) is 0.537. The van der Waals surface area contributed by atoms with Gasteiger partial charge in [0.05, 0.1) is 5.69 Å². The molecule has 0 fully saturated rings. The van der Waals surface area contributed by atoms with E-state index in [0.29, 0.717) is 22.5 Å². The van der Waals surface area contributed by atoms with Crippen molar-refractivity contribution in [1.29, 1.82) is 0 Å². The summed E-state index contributed by atoms with van der Waals surface area (Å²) in [7, 11) is 0. The topological polar surface area (TPSA) is 61.0 Å². The molecule has 0 radical (unpaired) electrons. The van der Waals surface area contributed by atoms with E-state index >= 15 is 0 Å². The van der Waals surface area contributed by atoms with E-state index in [1.165, 1.54) is 17.1 Å². The maximum atomic E-state index is 5.94. The molecule has 0 bridgehead atoms. The number of hydrogen-bond acceptors (Lipinski definition) is 5. The van der Waals surface area contributed by atoms with Crippen molar-refractivity contribution in [2.75, 3.05) is 5.73 Å². The number of aromatic nitrogens is 2. The lowest BCUT2D eigenvalue weighted by atomic mass is 10.1. The van der Waals surface area contributed by atoms with Gasteiger partial charge in [-0.15, -0.1) is 0 Å². The molecule has 1 aromatic heterocycles. The zero-order valence-electron chi connectivity index (χ0n) is 10.8. The molecule has 0 atom stereocenters. The van der Waals surface area contributed by atoms with Gasteiger partial charge >= 0.3 is 0 Å².